The van der Waals surface area contributed by atoms with Crippen molar-refractivity contribution in [1.29, 1.82) is 0 Å². The van der Waals surface area contributed by atoms with E-state index in [4.69, 9.17) is 9.15 Å². The molecular formula is C17H24N4O3S2. The Morgan fingerprint density at radius 3 is 2.85 bits per heavy atom. The molecule has 2 aromatic rings. The Balaban J connectivity index is 1.47. The summed E-state index contributed by atoms with van der Waals surface area (Å²) in [6.45, 7) is 8.04. The number of rotatable bonds is 5. The Kier molecular flexibility index (Phi) is 6.20. The first-order chi connectivity index (χ1) is 12.4. The Hall–Kier alpha value is -1.58. The maximum Gasteiger partial charge on any atom is 0.413 e. The van der Waals surface area contributed by atoms with E-state index < -0.39 is 6.09 Å². The standard InChI is InChI=1S/C17H24N4O3S2/c1-17(2,3)12-8-19-13(24-12)10-25-14-9-20-15(26-14)21-16(22)23-11-4-6-18-7-5-11/h8-9,11,18H,4-7,10H2,1-3H3,(H,20,21,22). The van der Waals surface area contributed by atoms with Crippen molar-refractivity contribution in [2.75, 3.05) is 18.4 Å². The van der Waals surface area contributed by atoms with Crippen molar-refractivity contribution in [3.63, 3.8) is 0 Å². The van der Waals surface area contributed by atoms with Gasteiger partial charge in [-0.2, -0.15) is 0 Å². The van der Waals surface area contributed by atoms with Gasteiger partial charge in [-0.3, -0.25) is 5.32 Å². The summed E-state index contributed by atoms with van der Waals surface area (Å²) in [7, 11) is 0. The van der Waals surface area contributed by atoms with Gasteiger partial charge in [-0.1, -0.05) is 32.1 Å². The van der Waals surface area contributed by atoms with E-state index >= 15 is 0 Å². The highest BCUT2D eigenvalue weighted by Crippen LogP contribution is 2.31. The summed E-state index contributed by atoms with van der Waals surface area (Å²) in [5.41, 5.74) is -0.0494. The third kappa shape index (κ3) is 5.46. The van der Waals surface area contributed by atoms with Crippen LogP contribution in [0, 0.1) is 0 Å². The molecule has 2 aromatic heterocycles. The van der Waals surface area contributed by atoms with E-state index in [-0.39, 0.29) is 11.5 Å². The van der Waals surface area contributed by atoms with E-state index in [1.165, 1.54) is 11.3 Å². The molecule has 0 unspecified atom stereocenters. The van der Waals surface area contributed by atoms with E-state index in [9.17, 15) is 4.79 Å². The Labute approximate surface area is 161 Å². The predicted octanol–water partition coefficient (Wildman–Crippen LogP) is 4.02. The molecule has 0 spiro atoms. The largest absolute Gasteiger partial charge is 0.446 e. The number of carbonyl (C=O) groups is 1. The second-order valence-electron chi connectivity index (χ2n) is 7.12. The molecule has 0 aromatic carbocycles. The number of thioether (sulfide) groups is 1. The smallest absolute Gasteiger partial charge is 0.413 e. The van der Waals surface area contributed by atoms with Gasteiger partial charge in [0.05, 0.1) is 22.4 Å². The van der Waals surface area contributed by atoms with Crippen molar-refractivity contribution in [3.8, 4) is 0 Å². The van der Waals surface area contributed by atoms with Crippen LogP contribution in [-0.4, -0.2) is 35.3 Å². The SMILES string of the molecule is CC(C)(C)c1cnc(CSc2cnc(NC(=O)OC3CCNCC3)s2)o1. The first-order valence-corrected chi connectivity index (χ1v) is 10.4. The van der Waals surface area contributed by atoms with Crippen molar-refractivity contribution < 1.29 is 13.9 Å². The fraction of sp³-hybridized carbons (Fsp3) is 0.588. The number of thiazole rings is 1. The minimum atomic E-state index is -0.440. The molecule has 0 atom stereocenters. The van der Waals surface area contributed by atoms with Crippen molar-refractivity contribution in [1.82, 2.24) is 15.3 Å². The highest BCUT2D eigenvalue weighted by molar-refractivity contribution is 8.00. The first-order valence-electron chi connectivity index (χ1n) is 8.62. The lowest BCUT2D eigenvalue weighted by Gasteiger charge is -2.22. The van der Waals surface area contributed by atoms with Gasteiger partial charge in [0.2, 0.25) is 5.89 Å². The Morgan fingerprint density at radius 1 is 1.38 bits per heavy atom. The number of aromatic nitrogens is 2. The molecule has 0 aliphatic carbocycles. The monoisotopic (exact) mass is 396 g/mol. The van der Waals surface area contributed by atoms with Crippen LogP contribution >= 0.6 is 23.1 Å². The van der Waals surface area contributed by atoms with Crippen molar-refractivity contribution in [3.05, 3.63) is 24.0 Å². The molecule has 142 valence electrons. The number of hydrogen-bond acceptors (Lipinski definition) is 8. The lowest BCUT2D eigenvalue weighted by Crippen LogP contribution is -2.34. The van der Waals surface area contributed by atoms with Crippen LogP contribution in [0.4, 0.5) is 9.93 Å². The van der Waals surface area contributed by atoms with Gasteiger partial charge in [-0.15, -0.1) is 11.8 Å². The Morgan fingerprint density at radius 2 is 2.15 bits per heavy atom. The number of nitrogens with one attached hydrogen (secondary N) is 2. The number of piperidine rings is 1. The maximum absolute atomic E-state index is 11.9. The second-order valence-corrected chi connectivity index (χ2v) is 9.43. The molecule has 0 saturated carbocycles. The lowest BCUT2D eigenvalue weighted by atomic mass is 9.94. The van der Waals surface area contributed by atoms with Gasteiger partial charge in [0.1, 0.15) is 11.9 Å². The van der Waals surface area contributed by atoms with Crippen LogP contribution in [0.15, 0.2) is 21.0 Å². The molecule has 1 saturated heterocycles. The summed E-state index contributed by atoms with van der Waals surface area (Å²) in [5, 5.41) is 6.48. The lowest BCUT2D eigenvalue weighted by molar-refractivity contribution is 0.0909. The van der Waals surface area contributed by atoms with Gasteiger partial charge < -0.3 is 14.5 Å². The molecular weight excluding hydrogens is 372 g/mol. The fourth-order valence-corrected chi connectivity index (χ4v) is 4.13. The maximum atomic E-state index is 11.9. The molecule has 26 heavy (non-hydrogen) atoms. The van der Waals surface area contributed by atoms with Crippen LogP contribution in [0.5, 0.6) is 0 Å². The topological polar surface area (TPSA) is 89.3 Å². The minimum Gasteiger partial charge on any atom is -0.446 e. The number of ether oxygens (including phenoxy) is 1. The summed E-state index contributed by atoms with van der Waals surface area (Å²) in [5.74, 6) is 2.19. The van der Waals surface area contributed by atoms with Gasteiger partial charge in [-0.25, -0.2) is 14.8 Å². The number of nitrogens with zero attached hydrogens (tertiary/aromatic N) is 2. The molecule has 1 aliphatic rings. The first kappa shape index (κ1) is 19.2. The van der Waals surface area contributed by atoms with E-state index in [2.05, 4.69) is 41.4 Å². The van der Waals surface area contributed by atoms with Gasteiger partial charge in [0, 0.05) is 5.41 Å². The summed E-state index contributed by atoms with van der Waals surface area (Å²) in [4.78, 5) is 20.5. The fourth-order valence-electron chi connectivity index (χ4n) is 2.42. The summed E-state index contributed by atoms with van der Waals surface area (Å²) < 4.78 is 12.2. The van der Waals surface area contributed by atoms with Gasteiger partial charge >= 0.3 is 6.09 Å². The molecule has 7 nitrogen and oxygen atoms in total. The zero-order chi connectivity index (χ0) is 18.6. The van der Waals surface area contributed by atoms with Crippen LogP contribution in [0.3, 0.4) is 0 Å². The zero-order valence-electron chi connectivity index (χ0n) is 15.2. The normalized spacial score (nSPS) is 15.8. The molecule has 3 rings (SSSR count). The average Bonchev–Trinajstić information content (AvgIpc) is 3.22. The average molecular weight is 397 g/mol. The van der Waals surface area contributed by atoms with Crippen LogP contribution in [0.25, 0.3) is 0 Å². The minimum absolute atomic E-state index is 0.0212. The van der Waals surface area contributed by atoms with Crippen molar-refractivity contribution in [2.45, 2.75) is 55.1 Å². The quantitative estimate of drug-likeness (QED) is 0.738. The zero-order valence-corrected chi connectivity index (χ0v) is 16.8. The number of hydrogen-bond donors (Lipinski definition) is 2. The number of anilines is 1. The van der Waals surface area contributed by atoms with E-state index in [1.54, 1.807) is 24.2 Å². The molecule has 1 fully saturated rings. The highest BCUT2D eigenvalue weighted by atomic mass is 32.2. The van der Waals surface area contributed by atoms with E-state index in [0.717, 1.165) is 35.9 Å². The molecule has 2 N–H and O–H groups in total. The van der Waals surface area contributed by atoms with Crippen molar-refractivity contribution >= 4 is 34.3 Å². The second kappa shape index (κ2) is 8.41. The molecule has 1 amide bonds. The van der Waals surface area contributed by atoms with Crippen molar-refractivity contribution in [2.24, 2.45) is 0 Å². The number of carbonyl (C=O) groups excluding carboxylic acids is 1. The van der Waals surface area contributed by atoms with Crippen LogP contribution < -0.4 is 10.6 Å². The van der Waals surface area contributed by atoms with Crippen LogP contribution in [0.2, 0.25) is 0 Å². The predicted molar refractivity (Wildman–Crippen MR) is 103 cm³/mol. The van der Waals surface area contributed by atoms with E-state index in [0.29, 0.717) is 16.8 Å². The number of oxazole rings is 1. The molecule has 0 bridgehead atoms. The molecule has 1 aliphatic heterocycles. The summed E-state index contributed by atoms with van der Waals surface area (Å²) in [6.07, 6.45) is 4.76. The van der Waals surface area contributed by atoms with E-state index in [1.807, 2.05) is 0 Å². The summed E-state index contributed by atoms with van der Waals surface area (Å²) >= 11 is 2.99. The molecule has 9 heteroatoms. The summed E-state index contributed by atoms with van der Waals surface area (Å²) in [6, 6.07) is 0. The van der Waals surface area contributed by atoms with Crippen LogP contribution in [0.1, 0.15) is 45.3 Å². The third-order valence-electron chi connectivity index (χ3n) is 3.88. The third-order valence-corrected chi connectivity index (χ3v) is 5.98. The highest BCUT2D eigenvalue weighted by Gasteiger charge is 2.20. The molecule has 0 radical (unpaired) electrons. The number of amides is 1. The molecule has 3 heterocycles. The van der Waals surface area contributed by atoms with Gasteiger partial charge in [-0.05, 0) is 25.9 Å². The van der Waals surface area contributed by atoms with Gasteiger partial charge in [0.25, 0.3) is 0 Å². The van der Waals surface area contributed by atoms with Gasteiger partial charge in [0.15, 0.2) is 5.13 Å². The Bertz CT molecular complexity index is 732. The van der Waals surface area contributed by atoms with Crippen LogP contribution in [-0.2, 0) is 15.9 Å².